The molecule has 4 heteroatoms. The smallest absolute Gasteiger partial charge is 0.164 e. The number of unbranched alkanes of at least 4 members (excludes halogenated alkanes) is 1. The van der Waals surface area contributed by atoms with Crippen molar-refractivity contribution in [3.63, 3.8) is 0 Å². The van der Waals surface area contributed by atoms with Crippen molar-refractivity contribution in [3.8, 4) is 6.07 Å². The summed E-state index contributed by atoms with van der Waals surface area (Å²) in [7, 11) is 1.36. The molecule has 0 aliphatic heterocycles. The fourth-order valence-corrected chi connectivity index (χ4v) is 0.852. The number of hydrogen-bond acceptors (Lipinski definition) is 4. The summed E-state index contributed by atoms with van der Waals surface area (Å²) in [5, 5.41) is 11.9. The number of hydrogen-bond donors (Lipinski definition) is 0. The van der Waals surface area contributed by atoms with Crippen molar-refractivity contribution in [2.45, 2.75) is 32.6 Å². The molecule has 0 saturated heterocycles. The number of nitrogens with zero attached hydrogens (tertiary/aromatic N) is 2. The molecule has 0 rings (SSSR count). The highest BCUT2D eigenvalue weighted by Crippen LogP contribution is 1.99. The highest BCUT2D eigenvalue weighted by molar-refractivity contribution is 6.09. The molecule has 0 heterocycles. The van der Waals surface area contributed by atoms with Gasteiger partial charge in [0, 0.05) is 6.42 Å². The summed E-state index contributed by atoms with van der Waals surface area (Å²) in [6, 6.07) is 1.81. The van der Waals surface area contributed by atoms with Gasteiger partial charge >= 0.3 is 0 Å². The van der Waals surface area contributed by atoms with Gasteiger partial charge in [0.1, 0.15) is 19.0 Å². The van der Waals surface area contributed by atoms with E-state index in [-0.39, 0.29) is 17.9 Å². The van der Waals surface area contributed by atoms with Crippen molar-refractivity contribution in [1.82, 2.24) is 0 Å². The summed E-state index contributed by atoms with van der Waals surface area (Å²) in [5.74, 6) is 0.0409. The monoisotopic (exact) mass is 182 g/mol. The maximum absolute atomic E-state index is 11.2. The molecular formula is C9H14N2O2. The fourth-order valence-electron chi connectivity index (χ4n) is 0.852. The average molecular weight is 182 g/mol. The Kier molecular flexibility index (Phi) is 6.52. The number of carbonyl (C=O) groups excluding carboxylic acids is 1. The zero-order valence-electron chi connectivity index (χ0n) is 8.04. The van der Waals surface area contributed by atoms with Crippen LogP contribution in [0.1, 0.15) is 32.6 Å². The van der Waals surface area contributed by atoms with Gasteiger partial charge in [-0.1, -0.05) is 18.5 Å². The largest absolute Gasteiger partial charge is 0.398 e. The lowest BCUT2D eigenvalue weighted by molar-refractivity contribution is -0.118. The summed E-state index contributed by atoms with van der Waals surface area (Å²) >= 11 is 0. The summed E-state index contributed by atoms with van der Waals surface area (Å²) in [6.07, 6.45) is 2.45. The van der Waals surface area contributed by atoms with Crippen molar-refractivity contribution in [2.24, 2.45) is 5.16 Å². The molecule has 72 valence electrons. The third-order valence-electron chi connectivity index (χ3n) is 1.50. The van der Waals surface area contributed by atoms with Crippen LogP contribution in [-0.4, -0.2) is 18.6 Å². The molecule has 0 spiro atoms. The third-order valence-corrected chi connectivity index (χ3v) is 1.50. The third kappa shape index (κ3) is 5.85. The predicted molar refractivity (Wildman–Crippen MR) is 49.2 cm³/mol. The quantitative estimate of drug-likeness (QED) is 0.463. The SMILES string of the molecule is CCCCC(=O)CC(C#N)=NOC. The minimum atomic E-state index is 0.0409. The van der Waals surface area contributed by atoms with E-state index in [0.717, 1.165) is 12.8 Å². The Bertz CT molecular complexity index is 228. The molecule has 0 aliphatic carbocycles. The van der Waals surface area contributed by atoms with Gasteiger partial charge in [0.25, 0.3) is 0 Å². The summed E-state index contributed by atoms with van der Waals surface area (Å²) < 4.78 is 0. The lowest BCUT2D eigenvalue weighted by Crippen LogP contribution is -2.06. The van der Waals surface area contributed by atoms with Gasteiger partial charge in [0.05, 0.1) is 6.42 Å². The Morgan fingerprint density at radius 2 is 2.31 bits per heavy atom. The van der Waals surface area contributed by atoms with E-state index < -0.39 is 0 Å². The second kappa shape index (κ2) is 7.29. The van der Waals surface area contributed by atoms with E-state index in [1.165, 1.54) is 7.11 Å². The van der Waals surface area contributed by atoms with Gasteiger partial charge in [0.15, 0.2) is 5.71 Å². The first kappa shape index (κ1) is 11.6. The van der Waals surface area contributed by atoms with Crippen LogP contribution in [-0.2, 0) is 9.63 Å². The molecule has 0 N–H and O–H groups in total. The molecule has 13 heavy (non-hydrogen) atoms. The molecular weight excluding hydrogens is 168 g/mol. The summed E-state index contributed by atoms with van der Waals surface area (Å²) in [4.78, 5) is 15.6. The lowest BCUT2D eigenvalue weighted by Gasteiger charge is -1.96. The topological polar surface area (TPSA) is 62.5 Å². The molecule has 0 aromatic carbocycles. The van der Waals surface area contributed by atoms with Gasteiger partial charge < -0.3 is 4.84 Å². The number of Topliss-reactive ketones (excluding diaryl/α,β-unsaturated/α-hetero) is 1. The maximum Gasteiger partial charge on any atom is 0.164 e. The highest BCUT2D eigenvalue weighted by Gasteiger charge is 2.06. The Morgan fingerprint density at radius 3 is 2.77 bits per heavy atom. The van der Waals surface area contributed by atoms with Crippen molar-refractivity contribution >= 4 is 11.5 Å². The van der Waals surface area contributed by atoms with Gasteiger partial charge in [-0.15, -0.1) is 0 Å². The van der Waals surface area contributed by atoms with Gasteiger partial charge in [-0.05, 0) is 6.42 Å². The molecule has 0 amide bonds. The Morgan fingerprint density at radius 1 is 1.62 bits per heavy atom. The van der Waals surface area contributed by atoms with Crippen LogP contribution in [0.3, 0.4) is 0 Å². The standard InChI is InChI=1S/C9H14N2O2/c1-3-4-5-9(12)6-8(7-10)11-13-2/h3-6H2,1-2H3. The summed E-state index contributed by atoms with van der Waals surface area (Å²) in [6.45, 7) is 2.02. The van der Waals surface area contributed by atoms with Crippen LogP contribution >= 0.6 is 0 Å². The Hall–Kier alpha value is -1.37. The number of ketones is 1. The first-order valence-corrected chi connectivity index (χ1v) is 4.26. The summed E-state index contributed by atoms with van der Waals surface area (Å²) in [5.41, 5.74) is 0.142. The van der Waals surface area contributed by atoms with Crippen LogP contribution < -0.4 is 0 Å². The van der Waals surface area contributed by atoms with Crippen LogP contribution in [0.2, 0.25) is 0 Å². The van der Waals surface area contributed by atoms with Crippen LogP contribution in [0.4, 0.5) is 0 Å². The number of rotatable bonds is 6. The van der Waals surface area contributed by atoms with E-state index in [1.807, 2.05) is 13.0 Å². The van der Waals surface area contributed by atoms with E-state index in [2.05, 4.69) is 9.99 Å². The van der Waals surface area contributed by atoms with Gasteiger partial charge in [-0.25, -0.2) is 0 Å². The first-order valence-electron chi connectivity index (χ1n) is 4.26. The van der Waals surface area contributed by atoms with Crippen molar-refractivity contribution in [3.05, 3.63) is 0 Å². The average Bonchev–Trinajstić information content (AvgIpc) is 2.14. The second-order valence-electron chi connectivity index (χ2n) is 2.65. The maximum atomic E-state index is 11.2. The van der Waals surface area contributed by atoms with Crippen LogP contribution in [0.15, 0.2) is 5.16 Å². The van der Waals surface area contributed by atoms with E-state index in [9.17, 15) is 4.79 Å². The van der Waals surface area contributed by atoms with Crippen molar-refractivity contribution < 1.29 is 9.63 Å². The van der Waals surface area contributed by atoms with Gasteiger partial charge in [0.2, 0.25) is 0 Å². The van der Waals surface area contributed by atoms with Crippen molar-refractivity contribution in [1.29, 1.82) is 5.26 Å². The molecule has 0 aromatic heterocycles. The zero-order chi connectivity index (χ0) is 10.1. The molecule has 0 aromatic rings. The predicted octanol–water partition coefficient (Wildman–Crippen LogP) is 1.66. The molecule has 0 aliphatic rings. The molecule has 0 radical (unpaired) electrons. The van der Waals surface area contributed by atoms with Crippen LogP contribution in [0, 0.1) is 11.3 Å². The van der Waals surface area contributed by atoms with E-state index in [1.54, 1.807) is 0 Å². The van der Waals surface area contributed by atoms with Crippen LogP contribution in [0.5, 0.6) is 0 Å². The van der Waals surface area contributed by atoms with Gasteiger partial charge in [-0.3, -0.25) is 4.79 Å². The second-order valence-corrected chi connectivity index (χ2v) is 2.65. The van der Waals surface area contributed by atoms with E-state index in [4.69, 9.17) is 5.26 Å². The highest BCUT2D eigenvalue weighted by atomic mass is 16.6. The Balaban J connectivity index is 3.89. The first-order chi connectivity index (χ1) is 6.24. The minimum absolute atomic E-state index is 0.0409. The fraction of sp³-hybridized carbons (Fsp3) is 0.667. The van der Waals surface area contributed by atoms with Crippen molar-refractivity contribution in [2.75, 3.05) is 7.11 Å². The van der Waals surface area contributed by atoms with Crippen LogP contribution in [0.25, 0.3) is 0 Å². The minimum Gasteiger partial charge on any atom is -0.398 e. The Labute approximate surface area is 78.2 Å². The van der Waals surface area contributed by atoms with E-state index >= 15 is 0 Å². The number of oxime groups is 1. The lowest BCUT2D eigenvalue weighted by atomic mass is 10.1. The number of nitriles is 1. The molecule has 0 atom stereocenters. The van der Waals surface area contributed by atoms with E-state index in [0.29, 0.717) is 6.42 Å². The molecule has 0 saturated carbocycles. The normalized spacial score (nSPS) is 10.7. The molecule has 4 nitrogen and oxygen atoms in total. The zero-order valence-corrected chi connectivity index (χ0v) is 8.04. The van der Waals surface area contributed by atoms with Gasteiger partial charge in [-0.2, -0.15) is 5.26 Å². The number of carbonyl (C=O) groups is 1. The molecule has 0 bridgehead atoms. The molecule has 0 unspecified atom stereocenters. The molecule has 0 fully saturated rings.